The number of benzene rings is 2. The fraction of sp³-hybridized carbons (Fsp3) is 0.235. The second-order valence-electron chi connectivity index (χ2n) is 5.34. The second-order valence-corrected chi connectivity index (χ2v) is 5.34. The summed E-state index contributed by atoms with van der Waals surface area (Å²) < 4.78 is 28.6. The lowest BCUT2D eigenvalue weighted by molar-refractivity contribution is 0.112. The standard InChI is InChI=1S/C17H15F2NO/c1-11-6-7-13-4-2-3-5-16(13)20(11)17-14(18)8-12(10-21)9-15(17)19/h2-5,8-11H,6-7H2,1H3. The first kappa shape index (κ1) is 13.7. The minimum atomic E-state index is -0.708. The van der Waals surface area contributed by atoms with Gasteiger partial charge in [-0.25, -0.2) is 8.78 Å². The lowest BCUT2D eigenvalue weighted by Crippen LogP contribution is -2.34. The SMILES string of the molecule is CC1CCc2ccccc2N1c1c(F)cc(C=O)cc1F. The molecule has 2 nitrogen and oxygen atoms in total. The summed E-state index contributed by atoms with van der Waals surface area (Å²) >= 11 is 0. The van der Waals surface area contributed by atoms with Crippen LogP contribution in [-0.2, 0) is 6.42 Å². The zero-order chi connectivity index (χ0) is 15.0. The first-order valence-corrected chi connectivity index (χ1v) is 6.93. The number of nitrogens with zero attached hydrogens (tertiary/aromatic N) is 1. The normalized spacial score (nSPS) is 17.5. The van der Waals surface area contributed by atoms with E-state index >= 15 is 0 Å². The first-order valence-electron chi connectivity index (χ1n) is 6.93. The Kier molecular flexibility index (Phi) is 3.45. The van der Waals surface area contributed by atoms with Crippen molar-refractivity contribution in [1.82, 2.24) is 0 Å². The number of aryl methyl sites for hydroxylation is 1. The van der Waals surface area contributed by atoms with Gasteiger partial charge in [0.1, 0.15) is 12.0 Å². The molecule has 1 atom stereocenters. The Hall–Kier alpha value is -2.23. The van der Waals surface area contributed by atoms with Crippen molar-refractivity contribution in [2.45, 2.75) is 25.8 Å². The number of hydrogen-bond acceptors (Lipinski definition) is 2. The molecule has 1 unspecified atom stereocenters. The van der Waals surface area contributed by atoms with E-state index in [1.807, 2.05) is 31.2 Å². The zero-order valence-corrected chi connectivity index (χ0v) is 11.6. The van der Waals surface area contributed by atoms with Crippen LogP contribution in [0.4, 0.5) is 20.2 Å². The van der Waals surface area contributed by atoms with Crippen molar-refractivity contribution in [3.63, 3.8) is 0 Å². The van der Waals surface area contributed by atoms with Crippen molar-refractivity contribution in [3.05, 3.63) is 59.2 Å². The zero-order valence-electron chi connectivity index (χ0n) is 11.6. The Morgan fingerprint density at radius 1 is 1.19 bits per heavy atom. The number of hydrogen-bond donors (Lipinski definition) is 0. The molecule has 1 heterocycles. The van der Waals surface area contributed by atoms with Crippen LogP contribution in [0.25, 0.3) is 0 Å². The molecule has 0 saturated carbocycles. The molecular weight excluding hydrogens is 272 g/mol. The summed E-state index contributed by atoms with van der Waals surface area (Å²) in [6.07, 6.45) is 2.17. The van der Waals surface area contributed by atoms with Crippen LogP contribution >= 0.6 is 0 Å². The van der Waals surface area contributed by atoms with Gasteiger partial charge in [-0.1, -0.05) is 18.2 Å². The van der Waals surface area contributed by atoms with E-state index in [1.165, 1.54) is 0 Å². The maximum absolute atomic E-state index is 14.3. The van der Waals surface area contributed by atoms with Crippen molar-refractivity contribution >= 4 is 17.7 Å². The fourth-order valence-corrected chi connectivity index (χ4v) is 2.91. The molecule has 0 aromatic heterocycles. The number of fused-ring (bicyclic) bond motifs is 1. The first-order chi connectivity index (χ1) is 10.1. The molecule has 0 N–H and O–H groups in total. The molecule has 2 aromatic rings. The molecule has 3 rings (SSSR count). The Labute approximate surface area is 122 Å². The summed E-state index contributed by atoms with van der Waals surface area (Å²) in [7, 11) is 0. The molecule has 0 radical (unpaired) electrons. The number of carbonyl (C=O) groups is 1. The van der Waals surface area contributed by atoms with Crippen molar-refractivity contribution in [2.24, 2.45) is 0 Å². The molecular formula is C17H15F2NO. The van der Waals surface area contributed by atoms with Gasteiger partial charge in [-0.15, -0.1) is 0 Å². The van der Waals surface area contributed by atoms with Gasteiger partial charge in [-0.05, 0) is 43.5 Å². The number of para-hydroxylation sites is 1. The van der Waals surface area contributed by atoms with Crippen LogP contribution in [0, 0.1) is 11.6 Å². The third kappa shape index (κ3) is 2.31. The summed E-state index contributed by atoms with van der Waals surface area (Å²) in [4.78, 5) is 12.4. The van der Waals surface area contributed by atoms with Crippen LogP contribution < -0.4 is 4.90 Å². The molecule has 1 aliphatic rings. The van der Waals surface area contributed by atoms with Crippen molar-refractivity contribution < 1.29 is 13.6 Å². The van der Waals surface area contributed by atoms with E-state index in [0.29, 0.717) is 6.29 Å². The Bertz CT molecular complexity index is 676. The largest absolute Gasteiger partial charge is 0.334 e. The van der Waals surface area contributed by atoms with Gasteiger partial charge in [0.05, 0.1) is 0 Å². The molecule has 2 aromatic carbocycles. The average Bonchev–Trinajstić information content (AvgIpc) is 2.48. The molecule has 0 amide bonds. The lowest BCUT2D eigenvalue weighted by atomic mass is 9.95. The highest BCUT2D eigenvalue weighted by molar-refractivity contribution is 5.78. The van der Waals surface area contributed by atoms with Crippen LogP contribution in [0.5, 0.6) is 0 Å². The van der Waals surface area contributed by atoms with Gasteiger partial charge < -0.3 is 4.90 Å². The monoisotopic (exact) mass is 287 g/mol. The topological polar surface area (TPSA) is 20.3 Å². The molecule has 0 saturated heterocycles. The van der Waals surface area contributed by atoms with Crippen LogP contribution in [-0.4, -0.2) is 12.3 Å². The minimum Gasteiger partial charge on any atom is -0.334 e. The van der Waals surface area contributed by atoms with Gasteiger partial charge in [0.25, 0.3) is 0 Å². The second kappa shape index (κ2) is 5.28. The summed E-state index contributed by atoms with van der Waals surface area (Å²) in [5, 5.41) is 0. The molecule has 0 fully saturated rings. The molecule has 1 aliphatic heterocycles. The number of carbonyl (C=O) groups excluding carboxylic acids is 1. The number of rotatable bonds is 2. The number of aldehydes is 1. The third-order valence-corrected chi connectivity index (χ3v) is 3.94. The van der Waals surface area contributed by atoms with Gasteiger partial charge in [-0.2, -0.15) is 0 Å². The summed E-state index contributed by atoms with van der Waals surface area (Å²) in [5.74, 6) is -1.42. The van der Waals surface area contributed by atoms with E-state index in [9.17, 15) is 13.6 Å². The number of halogens is 2. The Morgan fingerprint density at radius 2 is 1.86 bits per heavy atom. The van der Waals surface area contributed by atoms with Crippen molar-refractivity contribution in [2.75, 3.05) is 4.90 Å². The van der Waals surface area contributed by atoms with Gasteiger partial charge in [0, 0.05) is 17.3 Å². The summed E-state index contributed by atoms with van der Waals surface area (Å²) in [5.41, 5.74) is 1.83. The van der Waals surface area contributed by atoms with Crippen LogP contribution in [0.1, 0.15) is 29.3 Å². The van der Waals surface area contributed by atoms with E-state index in [1.54, 1.807) is 4.90 Å². The molecule has 0 bridgehead atoms. The van der Waals surface area contributed by atoms with E-state index in [2.05, 4.69) is 0 Å². The summed E-state index contributed by atoms with van der Waals surface area (Å²) in [6.45, 7) is 1.95. The highest BCUT2D eigenvalue weighted by Gasteiger charge is 2.28. The molecule has 0 spiro atoms. The molecule has 4 heteroatoms. The van der Waals surface area contributed by atoms with Crippen LogP contribution in [0.3, 0.4) is 0 Å². The van der Waals surface area contributed by atoms with Gasteiger partial charge in [0.2, 0.25) is 0 Å². The van der Waals surface area contributed by atoms with Crippen molar-refractivity contribution in [1.29, 1.82) is 0 Å². The maximum atomic E-state index is 14.3. The van der Waals surface area contributed by atoms with Gasteiger partial charge >= 0.3 is 0 Å². The quantitative estimate of drug-likeness (QED) is 0.770. The molecule has 108 valence electrons. The lowest BCUT2D eigenvalue weighted by Gasteiger charge is -2.37. The van der Waals surface area contributed by atoms with Crippen LogP contribution in [0.2, 0.25) is 0 Å². The van der Waals surface area contributed by atoms with E-state index in [4.69, 9.17) is 0 Å². The minimum absolute atomic E-state index is 0.00620. The predicted molar refractivity (Wildman–Crippen MR) is 78.1 cm³/mol. The maximum Gasteiger partial charge on any atom is 0.150 e. The van der Waals surface area contributed by atoms with Crippen LogP contribution in [0.15, 0.2) is 36.4 Å². The average molecular weight is 287 g/mol. The Balaban J connectivity index is 2.18. The molecule has 21 heavy (non-hydrogen) atoms. The van der Waals surface area contributed by atoms with E-state index in [0.717, 1.165) is 36.2 Å². The fourth-order valence-electron chi connectivity index (χ4n) is 2.91. The smallest absolute Gasteiger partial charge is 0.150 e. The van der Waals surface area contributed by atoms with E-state index < -0.39 is 11.6 Å². The summed E-state index contributed by atoms with van der Waals surface area (Å²) in [6, 6.07) is 9.78. The highest BCUT2D eigenvalue weighted by Crippen LogP contribution is 2.39. The highest BCUT2D eigenvalue weighted by atomic mass is 19.1. The van der Waals surface area contributed by atoms with Crippen molar-refractivity contribution in [3.8, 4) is 0 Å². The Morgan fingerprint density at radius 3 is 2.52 bits per heavy atom. The predicted octanol–water partition coefficient (Wildman–Crippen LogP) is 4.25. The number of anilines is 2. The molecule has 0 aliphatic carbocycles. The van der Waals surface area contributed by atoms with Gasteiger partial charge in [0.15, 0.2) is 11.6 Å². The van der Waals surface area contributed by atoms with E-state index in [-0.39, 0.29) is 17.3 Å². The van der Waals surface area contributed by atoms with Gasteiger partial charge in [-0.3, -0.25) is 4.79 Å². The third-order valence-electron chi connectivity index (χ3n) is 3.94.